The molecule has 40 heavy (non-hydrogen) atoms. The fraction of sp³-hybridized carbons (Fsp3) is 0.441. The van der Waals surface area contributed by atoms with Crippen LogP contribution in [0.25, 0.3) is 0 Å². The van der Waals surface area contributed by atoms with Crippen molar-refractivity contribution in [3.8, 4) is 5.75 Å². The lowest BCUT2D eigenvalue weighted by Gasteiger charge is -2.39. The molecule has 0 spiro atoms. The SMILES string of the molecule is CC(C)[C@@H]1C[C@H](c2cccc(F)c2)CO[C@H]1c1cccc(OCC(=O)Nc2ccc(CN3CCCCC3)cc2)c1. The molecule has 5 rings (SSSR count). The Morgan fingerprint density at radius 3 is 2.50 bits per heavy atom. The van der Waals surface area contributed by atoms with Gasteiger partial charge in [-0.2, -0.15) is 0 Å². The van der Waals surface area contributed by atoms with Gasteiger partial charge in [-0.1, -0.05) is 56.7 Å². The van der Waals surface area contributed by atoms with Crippen LogP contribution in [0.3, 0.4) is 0 Å². The second-order valence-corrected chi connectivity index (χ2v) is 11.6. The number of amides is 1. The number of nitrogens with one attached hydrogen (secondary N) is 1. The van der Waals surface area contributed by atoms with E-state index in [1.165, 1.54) is 30.9 Å². The van der Waals surface area contributed by atoms with Crippen molar-refractivity contribution < 1.29 is 18.7 Å². The van der Waals surface area contributed by atoms with Crippen LogP contribution in [0.1, 0.15) is 68.2 Å². The molecule has 3 aromatic rings. The van der Waals surface area contributed by atoms with Crippen molar-refractivity contribution in [3.05, 3.63) is 95.3 Å². The molecule has 0 unspecified atom stereocenters. The number of nitrogens with zero attached hydrogens (tertiary/aromatic N) is 1. The Kier molecular flexibility index (Phi) is 9.50. The van der Waals surface area contributed by atoms with Gasteiger partial charge in [0.25, 0.3) is 5.91 Å². The molecular weight excluding hydrogens is 503 g/mol. The summed E-state index contributed by atoms with van der Waals surface area (Å²) >= 11 is 0. The van der Waals surface area contributed by atoms with E-state index in [-0.39, 0.29) is 36.3 Å². The number of halogens is 1. The third-order valence-corrected chi connectivity index (χ3v) is 8.25. The van der Waals surface area contributed by atoms with E-state index in [1.807, 2.05) is 36.4 Å². The number of rotatable bonds is 9. The lowest BCUT2D eigenvalue weighted by molar-refractivity contribution is -0.118. The maximum Gasteiger partial charge on any atom is 0.262 e. The second-order valence-electron chi connectivity index (χ2n) is 11.6. The molecule has 1 N–H and O–H groups in total. The van der Waals surface area contributed by atoms with Crippen molar-refractivity contribution in [2.45, 2.75) is 58.1 Å². The Bertz CT molecular complexity index is 1260. The van der Waals surface area contributed by atoms with Crippen LogP contribution < -0.4 is 10.1 Å². The summed E-state index contributed by atoms with van der Waals surface area (Å²) in [6.45, 7) is 8.18. The molecule has 0 bridgehead atoms. The zero-order valence-corrected chi connectivity index (χ0v) is 23.7. The first-order valence-corrected chi connectivity index (χ1v) is 14.7. The van der Waals surface area contributed by atoms with Crippen molar-refractivity contribution in [3.63, 3.8) is 0 Å². The van der Waals surface area contributed by atoms with Gasteiger partial charge in [0.2, 0.25) is 0 Å². The Labute approximate surface area is 237 Å². The number of benzene rings is 3. The van der Waals surface area contributed by atoms with E-state index in [2.05, 4.69) is 42.3 Å². The first kappa shape index (κ1) is 28.3. The number of piperidine rings is 1. The summed E-state index contributed by atoms with van der Waals surface area (Å²) in [5.41, 5.74) is 4.07. The molecule has 2 heterocycles. The van der Waals surface area contributed by atoms with Crippen LogP contribution in [0.15, 0.2) is 72.8 Å². The van der Waals surface area contributed by atoms with Gasteiger partial charge in [0.05, 0.1) is 12.7 Å². The molecule has 0 aromatic heterocycles. The van der Waals surface area contributed by atoms with Crippen molar-refractivity contribution in [2.24, 2.45) is 11.8 Å². The zero-order valence-electron chi connectivity index (χ0n) is 23.7. The van der Waals surface area contributed by atoms with Gasteiger partial charge in [0, 0.05) is 18.2 Å². The predicted octanol–water partition coefficient (Wildman–Crippen LogP) is 7.35. The monoisotopic (exact) mass is 544 g/mol. The molecule has 3 atom stereocenters. The minimum atomic E-state index is -0.209. The van der Waals surface area contributed by atoms with E-state index in [0.717, 1.165) is 42.9 Å². The van der Waals surface area contributed by atoms with Crippen molar-refractivity contribution in [2.75, 3.05) is 31.6 Å². The van der Waals surface area contributed by atoms with Crippen LogP contribution in [0, 0.1) is 17.7 Å². The topological polar surface area (TPSA) is 50.8 Å². The van der Waals surface area contributed by atoms with Gasteiger partial charge in [-0.25, -0.2) is 4.39 Å². The average molecular weight is 545 g/mol. The predicted molar refractivity (Wildman–Crippen MR) is 157 cm³/mol. The van der Waals surface area contributed by atoms with Gasteiger partial charge in [-0.15, -0.1) is 0 Å². The van der Waals surface area contributed by atoms with Gasteiger partial charge in [0.15, 0.2) is 6.61 Å². The molecule has 0 aliphatic carbocycles. The van der Waals surface area contributed by atoms with Crippen molar-refractivity contribution >= 4 is 11.6 Å². The highest BCUT2D eigenvalue weighted by Gasteiger charge is 2.35. The Hall–Kier alpha value is -3.22. The third-order valence-electron chi connectivity index (χ3n) is 8.25. The summed E-state index contributed by atoms with van der Waals surface area (Å²) in [6.07, 6.45) is 4.74. The van der Waals surface area contributed by atoms with E-state index in [4.69, 9.17) is 9.47 Å². The number of hydrogen-bond donors (Lipinski definition) is 1. The standard InChI is InChI=1S/C34H41FN2O3/c1-24(2)32-20-28(26-8-6-10-29(35)18-26)22-40-34(32)27-9-7-11-31(19-27)39-23-33(38)36-30-14-12-25(13-15-30)21-37-16-4-3-5-17-37/h6-15,18-19,24,28,32,34H,3-5,16-17,20-23H2,1-2H3,(H,36,38)/t28-,32-,34-/m0/s1. The first-order valence-electron chi connectivity index (χ1n) is 14.7. The summed E-state index contributed by atoms with van der Waals surface area (Å²) in [5, 5.41) is 2.94. The molecule has 1 amide bonds. The van der Waals surface area contributed by atoms with E-state index in [0.29, 0.717) is 18.3 Å². The van der Waals surface area contributed by atoms with Gasteiger partial charge >= 0.3 is 0 Å². The number of carbonyl (C=O) groups is 1. The van der Waals surface area contributed by atoms with Crippen LogP contribution in [0.5, 0.6) is 5.75 Å². The van der Waals surface area contributed by atoms with Crippen molar-refractivity contribution in [1.29, 1.82) is 0 Å². The molecule has 3 aromatic carbocycles. The smallest absolute Gasteiger partial charge is 0.262 e. The van der Waals surface area contributed by atoms with Crippen LogP contribution in [0.4, 0.5) is 10.1 Å². The van der Waals surface area contributed by atoms with E-state index < -0.39 is 0 Å². The normalized spacial score (nSPS) is 21.8. The molecule has 0 saturated carbocycles. The molecule has 2 aliphatic heterocycles. The lowest BCUT2D eigenvalue weighted by Crippen LogP contribution is -2.31. The number of likely N-dealkylation sites (tertiary alicyclic amines) is 1. The van der Waals surface area contributed by atoms with Gasteiger partial charge in [0.1, 0.15) is 11.6 Å². The van der Waals surface area contributed by atoms with Crippen LogP contribution in [-0.4, -0.2) is 37.1 Å². The summed E-state index contributed by atoms with van der Waals surface area (Å²) in [7, 11) is 0. The number of hydrogen-bond acceptors (Lipinski definition) is 4. The molecule has 212 valence electrons. The van der Waals surface area contributed by atoms with Crippen LogP contribution in [0.2, 0.25) is 0 Å². The summed E-state index contributed by atoms with van der Waals surface area (Å²) in [4.78, 5) is 15.1. The number of anilines is 1. The summed E-state index contributed by atoms with van der Waals surface area (Å²) in [5.74, 6) is 1.08. The van der Waals surface area contributed by atoms with Gasteiger partial charge in [-0.3, -0.25) is 9.69 Å². The quantitative estimate of drug-likeness (QED) is 0.306. The molecular formula is C34H41FN2O3. The molecule has 2 aliphatic rings. The second kappa shape index (κ2) is 13.4. The Morgan fingerprint density at radius 2 is 1.75 bits per heavy atom. The summed E-state index contributed by atoms with van der Waals surface area (Å²) < 4.78 is 26.1. The van der Waals surface area contributed by atoms with Crippen molar-refractivity contribution in [1.82, 2.24) is 4.90 Å². The largest absolute Gasteiger partial charge is 0.484 e. The first-order chi connectivity index (χ1) is 19.4. The maximum atomic E-state index is 13.8. The van der Waals surface area contributed by atoms with E-state index >= 15 is 0 Å². The van der Waals surface area contributed by atoms with E-state index in [1.54, 1.807) is 12.1 Å². The fourth-order valence-corrected chi connectivity index (χ4v) is 6.02. The molecule has 5 nitrogen and oxygen atoms in total. The Balaban J connectivity index is 1.15. The molecule has 2 saturated heterocycles. The zero-order chi connectivity index (χ0) is 27.9. The highest BCUT2D eigenvalue weighted by molar-refractivity contribution is 5.91. The van der Waals surface area contributed by atoms with Gasteiger partial charge < -0.3 is 14.8 Å². The lowest BCUT2D eigenvalue weighted by atomic mass is 9.76. The van der Waals surface area contributed by atoms with Crippen LogP contribution in [-0.2, 0) is 16.1 Å². The summed E-state index contributed by atoms with van der Waals surface area (Å²) in [6, 6.07) is 22.8. The minimum absolute atomic E-state index is 0.0697. The molecule has 0 radical (unpaired) electrons. The van der Waals surface area contributed by atoms with Gasteiger partial charge in [-0.05, 0) is 97.3 Å². The highest BCUT2D eigenvalue weighted by atomic mass is 19.1. The number of carbonyl (C=O) groups excluding carboxylic acids is 1. The number of ether oxygens (including phenoxy) is 2. The van der Waals surface area contributed by atoms with Crippen LogP contribution >= 0.6 is 0 Å². The molecule has 2 fully saturated rings. The third kappa shape index (κ3) is 7.49. The molecule has 6 heteroatoms. The fourth-order valence-electron chi connectivity index (χ4n) is 6.02. The minimum Gasteiger partial charge on any atom is -0.484 e. The Morgan fingerprint density at radius 1 is 1.00 bits per heavy atom. The maximum absolute atomic E-state index is 13.8. The average Bonchev–Trinajstić information content (AvgIpc) is 2.97. The van der Waals surface area contributed by atoms with E-state index in [9.17, 15) is 9.18 Å². The highest BCUT2D eigenvalue weighted by Crippen LogP contribution is 2.44.